The van der Waals surface area contributed by atoms with Gasteiger partial charge in [0.05, 0.1) is 18.4 Å². The summed E-state index contributed by atoms with van der Waals surface area (Å²) in [6.07, 6.45) is 0.280. The summed E-state index contributed by atoms with van der Waals surface area (Å²) in [4.78, 5) is 2.22. The van der Waals surface area contributed by atoms with Crippen molar-refractivity contribution in [2.24, 2.45) is 7.05 Å². The van der Waals surface area contributed by atoms with Gasteiger partial charge in [-0.15, -0.1) is 0 Å². The van der Waals surface area contributed by atoms with Gasteiger partial charge in [0.25, 0.3) is 0 Å². The van der Waals surface area contributed by atoms with Crippen LogP contribution < -0.4 is 10.2 Å². The number of rotatable bonds is 8. The van der Waals surface area contributed by atoms with Gasteiger partial charge in [0.2, 0.25) is 0 Å². The fourth-order valence-corrected chi connectivity index (χ4v) is 2.16. The second-order valence-corrected chi connectivity index (χ2v) is 5.13. The van der Waals surface area contributed by atoms with E-state index in [4.69, 9.17) is 4.74 Å². The van der Waals surface area contributed by atoms with Crippen LogP contribution in [0.15, 0.2) is 0 Å². The molecule has 1 aromatic heterocycles. The van der Waals surface area contributed by atoms with Crippen LogP contribution >= 0.6 is 0 Å². The minimum absolute atomic E-state index is 0.280. The Balaban J connectivity index is 2.74. The lowest BCUT2D eigenvalue weighted by atomic mass is 10.2. The molecule has 1 aromatic rings. The number of ether oxygens (including phenoxy) is 1. The van der Waals surface area contributed by atoms with Gasteiger partial charge in [0.15, 0.2) is 0 Å². The Labute approximate surface area is 116 Å². The molecule has 0 saturated heterocycles. The lowest BCUT2D eigenvalue weighted by Crippen LogP contribution is -2.27. The van der Waals surface area contributed by atoms with E-state index in [2.05, 4.69) is 50.1 Å². The maximum absolute atomic E-state index is 5.61. The van der Waals surface area contributed by atoms with E-state index in [0.29, 0.717) is 0 Å². The molecule has 1 heterocycles. The smallest absolute Gasteiger partial charge is 0.131 e. The van der Waals surface area contributed by atoms with Crippen LogP contribution in [0.4, 0.5) is 5.82 Å². The molecule has 0 unspecified atom stereocenters. The van der Waals surface area contributed by atoms with Gasteiger partial charge in [0, 0.05) is 32.7 Å². The molecular weight excluding hydrogens is 240 g/mol. The number of aryl methyl sites for hydroxylation is 2. The average Bonchev–Trinajstić information content (AvgIpc) is 2.60. The van der Waals surface area contributed by atoms with E-state index >= 15 is 0 Å². The first-order valence-corrected chi connectivity index (χ1v) is 7.03. The molecule has 110 valence electrons. The fourth-order valence-electron chi connectivity index (χ4n) is 2.16. The molecule has 5 nitrogen and oxygen atoms in total. The average molecular weight is 268 g/mol. The summed E-state index contributed by atoms with van der Waals surface area (Å²) in [7, 11) is 4.09. The first kappa shape index (κ1) is 16.0. The topological polar surface area (TPSA) is 42.3 Å². The highest BCUT2D eigenvalue weighted by Gasteiger charge is 2.16. The Morgan fingerprint density at radius 2 is 2.11 bits per heavy atom. The van der Waals surface area contributed by atoms with Crippen LogP contribution in [0.1, 0.15) is 32.0 Å². The van der Waals surface area contributed by atoms with Gasteiger partial charge in [-0.2, -0.15) is 5.10 Å². The maximum Gasteiger partial charge on any atom is 0.131 e. The zero-order valence-corrected chi connectivity index (χ0v) is 13.2. The lowest BCUT2D eigenvalue weighted by Gasteiger charge is -2.21. The molecule has 1 rings (SSSR count). The Morgan fingerprint density at radius 3 is 2.68 bits per heavy atom. The van der Waals surface area contributed by atoms with Crippen LogP contribution in [-0.4, -0.2) is 42.6 Å². The molecule has 5 heteroatoms. The standard InChI is InChI=1S/C14H28N4O/c1-7-15-10-13-12(4)16-18(6)14(13)17(5)8-9-19-11(2)3/h11,15H,7-10H2,1-6H3. The number of likely N-dealkylation sites (N-methyl/N-ethyl adjacent to an activating group) is 1. The van der Waals surface area contributed by atoms with Crippen LogP contribution in [0.5, 0.6) is 0 Å². The monoisotopic (exact) mass is 268 g/mol. The first-order valence-electron chi connectivity index (χ1n) is 7.03. The van der Waals surface area contributed by atoms with Gasteiger partial charge in [-0.05, 0) is 27.3 Å². The van der Waals surface area contributed by atoms with Crippen LogP contribution in [0.25, 0.3) is 0 Å². The van der Waals surface area contributed by atoms with E-state index in [1.54, 1.807) is 0 Å². The summed E-state index contributed by atoms with van der Waals surface area (Å²) in [5.74, 6) is 1.17. The summed E-state index contributed by atoms with van der Waals surface area (Å²) < 4.78 is 7.57. The van der Waals surface area contributed by atoms with Gasteiger partial charge in [-0.3, -0.25) is 4.68 Å². The minimum Gasteiger partial charge on any atom is -0.377 e. The predicted octanol–water partition coefficient (Wildman–Crippen LogP) is 1.70. The summed E-state index contributed by atoms with van der Waals surface area (Å²) in [6.45, 7) is 11.7. The van der Waals surface area contributed by atoms with Gasteiger partial charge >= 0.3 is 0 Å². The van der Waals surface area contributed by atoms with Crippen molar-refractivity contribution in [3.8, 4) is 0 Å². The Bertz CT molecular complexity index is 387. The van der Waals surface area contributed by atoms with E-state index in [-0.39, 0.29) is 6.10 Å². The third kappa shape index (κ3) is 4.51. The molecule has 0 radical (unpaired) electrons. The number of nitrogens with one attached hydrogen (secondary N) is 1. The van der Waals surface area contributed by atoms with E-state index in [9.17, 15) is 0 Å². The van der Waals surface area contributed by atoms with Crippen molar-refractivity contribution in [2.45, 2.75) is 40.3 Å². The van der Waals surface area contributed by atoms with Gasteiger partial charge in [-0.1, -0.05) is 6.92 Å². The molecule has 0 bridgehead atoms. The second kappa shape index (κ2) is 7.50. The molecule has 0 saturated carbocycles. The third-order valence-corrected chi connectivity index (χ3v) is 3.10. The van der Waals surface area contributed by atoms with E-state index in [1.165, 1.54) is 11.4 Å². The highest BCUT2D eigenvalue weighted by molar-refractivity contribution is 5.49. The van der Waals surface area contributed by atoms with Crippen molar-refractivity contribution in [3.05, 3.63) is 11.3 Å². The highest BCUT2D eigenvalue weighted by atomic mass is 16.5. The van der Waals surface area contributed by atoms with Crippen molar-refractivity contribution in [1.82, 2.24) is 15.1 Å². The number of nitrogens with zero attached hydrogens (tertiary/aromatic N) is 3. The molecule has 1 N–H and O–H groups in total. The molecule has 0 aromatic carbocycles. The highest BCUT2D eigenvalue weighted by Crippen LogP contribution is 2.21. The molecular formula is C14H28N4O. The SMILES string of the molecule is CCNCc1c(C)nn(C)c1N(C)CCOC(C)C. The normalized spacial score (nSPS) is 11.3. The molecule has 0 spiro atoms. The summed E-state index contributed by atoms with van der Waals surface area (Å²) in [5.41, 5.74) is 2.37. The molecule has 0 atom stereocenters. The molecule has 0 aliphatic rings. The van der Waals surface area contributed by atoms with Gasteiger partial charge in [-0.25, -0.2) is 0 Å². The second-order valence-electron chi connectivity index (χ2n) is 5.13. The minimum atomic E-state index is 0.280. The van der Waals surface area contributed by atoms with E-state index in [0.717, 1.165) is 31.9 Å². The van der Waals surface area contributed by atoms with Gasteiger partial charge in [0.1, 0.15) is 5.82 Å². The zero-order valence-electron chi connectivity index (χ0n) is 13.2. The lowest BCUT2D eigenvalue weighted by molar-refractivity contribution is 0.0844. The first-order chi connectivity index (χ1) is 8.97. The van der Waals surface area contributed by atoms with Crippen LogP contribution in [0.2, 0.25) is 0 Å². The largest absolute Gasteiger partial charge is 0.377 e. The number of hydrogen-bond donors (Lipinski definition) is 1. The van der Waals surface area contributed by atoms with Crippen molar-refractivity contribution < 1.29 is 4.74 Å². The summed E-state index contributed by atoms with van der Waals surface area (Å²) in [6, 6.07) is 0. The van der Waals surface area contributed by atoms with E-state index < -0.39 is 0 Å². The van der Waals surface area contributed by atoms with Crippen LogP contribution in [-0.2, 0) is 18.3 Å². The quantitative estimate of drug-likeness (QED) is 0.779. The van der Waals surface area contributed by atoms with Crippen LogP contribution in [0.3, 0.4) is 0 Å². The Hall–Kier alpha value is -1.07. The third-order valence-electron chi connectivity index (χ3n) is 3.10. The molecule has 0 amide bonds. The molecule has 0 fully saturated rings. The number of anilines is 1. The summed E-state index contributed by atoms with van der Waals surface area (Å²) >= 11 is 0. The van der Waals surface area contributed by atoms with Crippen LogP contribution in [0, 0.1) is 6.92 Å². The number of aromatic nitrogens is 2. The van der Waals surface area contributed by atoms with Crippen molar-refractivity contribution >= 4 is 5.82 Å². The molecule has 0 aliphatic heterocycles. The fraction of sp³-hybridized carbons (Fsp3) is 0.786. The maximum atomic E-state index is 5.61. The van der Waals surface area contributed by atoms with Crippen molar-refractivity contribution in [1.29, 1.82) is 0 Å². The predicted molar refractivity (Wildman–Crippen MR) is 79.7 cm³/mol. The van der Waals surface area contributed by atoms with Crippen molar-refractivity contribution in [2.75, 3.05) is 31.6 Å². The molecule has 0 aliphatic carbocycles. The van der Waals surface area contributed by atoms with E-state index in [1.807, 2.05) is 11.7 Å². The zero-order chi connectivity index (χ0) is 14.4. The van der Waals surface area contributed by atoms with Crippen molar-refractivity contribution in [3.63, 3.8) is 0 Å². The summed E-state index contributed by atoms with van der Waals surface area (Å²) in [5, 5.41) is 7.90. The molecule has 19 heavy (non-hydrogen) atoms. The number of hydrogen-bond acceptors (Lipinski definition) is 4. The Morgan fingerprint density at radius 1 is 1.42 bits per heavy atom. The Kier molecular flexibility index (Phi) is 6.31. The van der Waals surface area contributed by atoms with Gasteiger partial charge < -0.3 is 15.0 Å².